The Morgan fingerprint density at radius 2 is 2.24 bits per heavy atom. The molecule has 1 atom stereocenters. The van der Waals surface area contributed by atoms with Crippen LogP contribution in [0.1, 0.15) is 43.5 Å². The van der Waals surface area contributed by atoms with Crippen LogP contribution in [0.4, 0.5) is 10.1 Å². The van der Waals surface area contributed by atoms with Gasteiger partial charge in [0.15, 0.2) is 0 Å². The molecule has 0 amide bonds. The van der Waals surface area contributed by atoms with Gasteiger partial charge in [-0.1, -0.05) is 19.8 Å². The molecule has 0 saturated carbocycles. The van der Waals surface area contributed by atoms with Crippen molar-refractivity contribution in [3.8, 4) is 0 Å². The second kappa shape index (κ2) is 6.23. The minimum atomic E-state index is -1.12. The fourth-order valence-corrected chi connectivity index (χ4v) is 1.67. The molecular formula is C13H18FNO2. The Balaban J connectivity index is 2.79. The first kappa shape index (κ1) is 13.5. The number of benzene rings is 1. The molecule has 1 rings (SSSR count). The van der Waals surface area contributed by atoms with Crippen molar-refractivity contribution in [3.63, 3.8) is 0 Å². The van der Waals surface area contributed by atoms with Crippen LogP contribution in [-0.2, 0) is 0 Å². The molecule has 2 N–H and O–H groups in total. The first-order chi connectivity index (χ1) is 8.04. The van der Waals surface area contributed by atoms with Crippen molar-refractivity contribution in [3.05, 3.63) is 29.6 Å². The molecule has 0 saturated heterocycles. The summed E-state index contributed by atoms with van der Waals surface area (Å²) < 4.78 is 13.0. The van der Waals surface area contributed by atoms with Crippen LogP contribution in [0.2, 0.25) is 0 Å². The van der Waals surface area contributed by atoms with Gasteiger partial charge in [0.2, 0.25) is 0 Å². The van der Waals surface area contributed by atoms with Crippen LogP contribution >= 0.6 is 0 Å². The number of hydrogen-bond donors (Lipinski definition) is 2. The Morgan fingerprint density at radius 1 is 1.53 bits per heavy atom. The summed E-state index contributed by atoms with van der Waals surface area (Å²) in [5.41, 5.74) is 0.454. The zero-order valence-electron chi connectivity index (χ0n) is 10.2. The molecule has 0 bridgehead atoms. The van der Waals surface area contributed by atoms with Gasteiger partial charge in [0.05, 0.1) is 5.56 Å². The van der Waals surface area contributed by atoms with E-state index in [2.05, 4.69) is 12.2 Å². The highest BCUT2D eigenvalue weighted by Crippen LogP contribution is 2.19. The van der Waals surface area contributed by atoms with Crippen LogP contribution in [0.25, 0.3) is 0 Å². The average Bonchev–Trinajstić information content (AvgIpc) is 2.28. The van der Waals surface area contributed by atoms with Crippen molar-refractivity contribution in [1.29, 1.82) is 0 Å². The third-order valence-corrected chi connectivity index (χ3v) is 2.60. The number of aromatic carboxylic acids is 1. The summed E-state index contributed by atoms with van der Waals surface area (Å²) in [6, 6.07) is 3.96. The van der Waals surface area contributed by atoms with E-state index in [0.29, 0.717) is 5.69 Å². The quantitative estimate of drug-likeness (QED) is 0.798. The number of nitrogens with one attached hydrogen (secondary N) is 1. The molecule has 0 aliphatic rings. The highest BCUT2D eigenvalue weighted by Gasteiger charge is 2.12. The Morgan fingerprint density at radius 3 is 2.82 bits per heavy atom. The van der Waals surface area contributed by atoms with Gasteiger partial charge in [-0.3, -0.25) is 0 Å². The van der Waals surface area contributed by atoms with Crippen LogP contribution in [-0.4, -0.2) is 17.1 Å². The summed E-state index contributed by atoms with van der Waals surface area (Å²) in [6.07, 6.45) is 3.14. The van der Waals surface area contributed by atoms with Crippen molar-refractivity contribution in [1.82, 2.24) is 0 Å². The Labute approximate surface area is 101 Å². The van der Waals surface area contributed by atoms with E-state index in [4.69, 9.17) is 5.11 Å². The molecule has 1 aromatic carbocycles. The van der Waals surface area contributed by atoms with E-state index in [1.54, 1.807) is 0 Å². The second-order valence-electron chi connectivity index (χ2n) is 4.18. The van der Waals surface area contributed by atoms with Crippen molar-refractivity contribution < 1.29 is 14.3 Å². The molecule has 0 heterocycles. The normalized spacial score (nSPS) is 12.2. The van der Waals surface area contributed by atoms with Crippen LogP contribution in [0.15, 0.2) is 18.2 Å². The lowest BCUT2D eigenvalue weighted by molar-refractivity contribution is 0.0697. The van der Waals surface area contributed by atoms with Gasteiger partial charge in [0, 0.05) is 11.7 Å². The van der Waals surface area contributed by atoms with Gasteiger partial charge in [-0.2, -0.15) is 0 Å². The number of carbonyl (C=O) groups is 1. The number of hydrogen-bond acceptors (Lipinski definition) is 2. The number of carboxylic acids is 1. The maximum absolute atomic E-state index is 13.0. The zero-order chi connectivity index (χ0) is 12.8. The molecule has 0 spiro atoms. The minimum absolute atomic E-state index is 0.0200. The molecule has 94 valence electrons. The maximum Gasteiger partial charge on any atom is 0.337 e. The highest BCUT2D eigenvalue weighted by atomic mass is 19.1. The lowest BCUT2D eigenvalue weighted by Crippen LogP contribution is -2.17. The third-order valence-electron chi connectivity index (χ3n) is 2.60. The van der Waals surface area contributed by atoms with E-state index in [1.807, 2.05) is 6.92 Å². The predicted octanol–water partition coefficient (Wildman–Crippen LogP) is 3.51. The van der Waals surface area contributed by atoms with Gasteiger partial charge in [0.25, 0.3) is 0 Å². The Hall–Kier alpha value is -1.58. The van der Waals surface area contributed by atoms with Crippen LogP contribution in [0.3, 0.4) is 0 Å². The van der Waals surface area contributed by atoms with E-state index in [9.17, 15) is 9.18 Å². The number of rotatable bonds is 6. The number of halogens is 1. The van der Waals surface area contributed by atoms with Crippen molar-refractivity contribution in [2.75, 3.05) is 5.32 Å². The molecule has 0 radical (unpaired) electrons. The second-order valence-corrected chi connectivity index (χ2v) is 4.18. The van der Waals surface area contributed by atoms with Crippen molar-refractivity contribution >= 4 is 11.7 Å². The van der Waals surface area contributed by atoms with Crippen molar-refractivity contribution in [2.24, 2.45) is 0 Å². The molecular weight excluding hydrogens is 221 g/mol. The monoisotopic (exact) mass is 239 g/mol. The summed E-state index contributed by atoms with van der Waals surface area (Å²) >= 11 is 0. The standard InChI is InChI=1S/C13H18FNO2/c1-3-4-5-9(2)15-12-7-6-10(14)8-11(12)13(16)17/h6-9,15H,3-5H2,1-2H3,(H,16,17). The zero-order valence-corrected chi connectivity index (χ0v) is 10.2. The van der Waals surface area contributed by atoms with Crippen LogP contribution in [0, 0.1) is 5.82 Å². The topological polar surface area (TPSA) is 49.3 Å². The van der Waals surface area contributed by atoms with Crippen LogP contribution in [0.5, 0.6) is 0 Å². The number of unbranched alkanes of at least 4 members (excludes halogenated alkanes) is 1. The first-order valence-corrected chi connectivity index (χ1v) is 5.84. The lowest BCUT2D eigenvalue weighted by atomic mass is 10.1. The largest absolute Gasteiger partial charge is 0.478 e. The van der Waals surface area contributed by atoms with E-state index < -0.39 is 11.8 Å². The van der Waals surface area contributed by atoms with Crippen molar-refractivity contribution in [2.45, 2.75) is 39.2 Å². The lowest BCUT2D eigenvalue weighted by Gasteiger charge is -2.16. The maximum atomic E-state index is 13.0. The van der Waals surface area contributed by atoms with E-state index in [1.165, 1.54) is 12.1 Å². The Bertz CT molecular complexity index is 393. The van der Waals surface area contributed by atoms with Crippen LogP contribution < -0.4 is 5.32 Å². The first-order valence-electron chi connectivity index (χ1n) is 5.84. The van der Waals surface area contributed by atoms with E-state index in [0.717, 1.165) is 25.3 Å². The third kappa shape index (κ3) is 4.06. The predicted molar refractivity (Wildman–Crippen MR) is 66.0 cm³/mol. The minimum Gasteiger partial charge on any atom is -0.478 e. The fraction of sp³-hybridized carbons (Fsp3) is 0.462. The molecule has 1 unspecified atom stereocenters. The van der Waals surface area contributed by atoms with Gasteiger partial charge in [-0.05, 0) is 31.5 Å². The molecule has 0 aliphatic carbocycles. The van der Waals surface area contributed by atoms with Gasteiger partial charge < -0.3 is 10.4 Å². The summed E-state index contributed by atoms with van der Waals surface area (Å²) in [4.78, 5) is 11.0. The molecule has 4 heteroatoms. The molecule has 3 nitrogen and oxygen atoms in total. The SMILES string of the molecule is CCCCC(C)Nc1ccc(F)cc1C(=O)O. The van der Waals surface area contributed by atoms with Gasteiger partial charge in [0.1, 0.15) is 5.82 Å². The summed E-state index contributed by atoms with van der Waals surface area (Å²) in [6.45, 7) is 4.10. The van der Waals surface area contributed by atoms with E-state index in [-0.39, 0.29) is 11.6 Å². The van der Waals surface area contributed by atoms with Gasteiger partial charge in [-0.15, -0.1) is 0 Å². The fourth-order valence-electron chi connectivity index (χ4n) is 1.67. The summed E-state index contributed by atoms with van der Waals surface area (Å²) in [5.74, 6) is -1.65. The highest BCUT2D eigenvalue weighted by molar-refractivity contribution is 5.94. The average molecular weight is 239 g/mol. The molecule has 1 aromatic rings. The van der Waals surface area contributed by atoms with Gasteiger partial charge >= 0.3 is 5.97 Å². The number of anilines is 1. The number of carboxylic acid groups (broad SMARTS) is 1. The molecule has 0 aromatic heterocycles. The Kier molecular flexibility index (Phi) is 4.94. The van der Waals surface area contributed by atoms with E-state index >= 15 is 0 Å². The summed E-state index contributed by atoms with van der Waals surface area (Å²) in [5, 5.41) is 12.1. The molecule has 0 aliphatic heterocycles. The van der Waals surface area contributed by atoms with Gasteiger partial charge in [-0.25, -0.2) is 9.18 Å². The summed E-state index contributed by atoms with van der Waals surface area (Å²) in [7, 11) is 0. The molecule has 17 heavy (non-hydrogen) atoms. The smallest absolute Gasteiger partial charge is 0.337 e. The molecule has 0 fully saturated rings.